The van der Waals surface area contributed by atoms with Gasteiger partial charge in [0.25, 0.3) is 0 Å². The van der Waals surface area contributed by atoms with Crippen molar-refractivity contribution in [2.24, 2.45) is 0 Å². The van der Waals surface area contributed by atoms with E-state index in [4.69, 9.17) is 0 Å². The molecule has 4 nitrogen and oxygen atoms in total. The number of nitrogens with one attached hydrogen (secondary N) is 2. The number of carbonyl (C=O) groups excluding carboxylic acids is 1. The van der Waals surface area contributed by atoms with Crippen molar-refractivity contribution >= 4 is 17.2 Å². The molecule has 1 aromatic heterocycles. The summed E-state index contributed by atoms with van der Waals surface area (Å²) in [6, 6.07) is -0.0346. The van der Waals surface area contributed by atoms with Crippen molar-refractivity contribution in [1.29, 1.82) is 0 Å². The third-order valence-corrected chi connectivity index (χ3v) is 3.05. The molecule has 76 valence electrons. The van der Waals surface area contributed by atoms with Crippen LogP contribution < -0.4 is 10.6 Å². The van der Waals surface area contributed by atoms with Gasteiger partial charge >= 0.3 is 0 Å². The second-order valence-electron chi connectivity index (χ2n) is 3.29. The summed E-state index contributed by atoms with van der Waals surface area (Å²) in [5.74, 6) is 0.118. The van der Waals surface area contributed by atoms with Gasteiger partial charge in [0.15, 0.2) is 0 Å². The average molecular weight is 211 g/mol. The smallest absolute Gasteiger partial charge is 0.237 e. The van der Waals surface area contributed by atoms with Crippen molar-refractivity contribution in [3.63, 3.8) is 0 Å². The van der Waals surface area contributed by atoms with Crippen LogP contribution in [0, 0.1) is 0 Å². The first-order valence-corrected chi connectivity index (χ1v) is 5.64. The van der Waals surface area contributed by atoms with Gasteiger partial charge in [-0.25, -0.2) is 4.98 Å². The summed E-state index contributed by atoms with van der Waals surface area (Å²) in [7, 11) is 0. The normalized spacial score (nSPS) is 22.0. The van der Waals surface area contributed by atoms with Gasteiger partial charge in [0.05, 0.1) is 6.04 Å². The molecule has 1 saturated heterocycles. The van der Waals surface area contributed by atoms with Crippen LogP contribution in [0.15, 0.2) is 11.6 Å². The van der Waals surface area contributed by atoms with Crippen LogP contribution in [0.2, 0.25) is 0 Å². The van der Waals surface area contributed by atoms with Gasteiger partial charge in [0, 0.05) is 24.7 Å². The zero-order valence-corrected chi connectivity index (χ0v) is 8.64. The fourth-order valence-corrected chi connectivity index (χ4v) is 2.08. The number of hydrogen-bond acceptors (Lipinski definition) is 4. The zero-order valence-electron chi connectivity index (χ0n) is 7.82. The molecule has 1 aromatic rings. The molecule has 2 rings (SSSR count). The molecule has 1 aliphatic rings. The molecule has 0 spiro atoms. The highest BCUT2D eigenvalue weighted by Crippen LogP contribution is 2.07. The summed E-state index contributed by atoms with van der Waals surface area (Å²) in [6.45, 7) is 1.50. The number of nitrogens with zero attached hydrogens (tertiary/aromatic N) is 1. The maximum absolute atomic E-state index is 11.4. The average Bonchev–Trinajstić information content (AvgIpc) is 2.69. The van der Waals surface area contributed by atoms with Crippen molar-refractivity contribution in [2.75, 3.05) is 6.54 Å². The highest BCUT2D eigenvalue weighted by molar-refractivity contribution is 7.09. The summed E-state index contributed by atoms with van der Waals surface area (Å²) >= 11 is 1.61. The second kappa shape index (κ2) is 4.52. The number of piperidine rings is 1. The second-order valence-corrected chi connectivity index (χ2v) is 4.27. The molecule has 1 amide bonds. The van der Waals surface area contributed by atoms with Crippen LogP contribution in [0.4, 0.5) is 0 Å². The van der Waals surface area contributed by atoms with Crippen LogP contribution in [-0.4, -0.2) is 23.5 Å². The number of hydrogen-bond donors (Lipinski definition) is 2. The summed E-state index contributed by atoms with van der Waals surface area (Å²) in [4.78, 5) is 15.5. The molecule has 2 N–H and O–H groups in total. The summed E-state index contributed by atoms with van der Waals surface area (Å²) < 4.78 is 0. The van der Waals surface area contributed by atoms with Crippen molar-refractivity contribution in [3.8, 4) is 0 Å². The third-order valence-electron chi connectivity index (χ3n) is 2.27. The molecule has 1 unspecified atom stereocenters. The molecular formula is C9H13N3OS. The van der Waals surface area contributed by atoms with Crippen LogP contribution in [0.3, 0.4) is 0 Å². The van der Waals surface area contributed by atoms with Gasteiger partial charge in [-0.1, -0.05) is 0 Å². The van der Waals surface area contributed by atoms with E-state index in [0.29, 0.717) is 6.54 Å². The van der Waals surface area contributed by atoms with Crippen molar-refractivity contribution < 1.29 is 4.79 Å². The van der Waals surface area contributed by atoms with Crippen LogP contribution in [0.5, 0.6) is 0 Å². The predicted molar refractivity (Wildman–Crippen MR) is 55.0 cm³/mol. The molecule has 0 radical (unpaired) electrons. The first kappa shape index (κ1) is 9.61. The van der Waals surface area contributed by atoms with E-state index >= 15 is 0 Å². The predicted octanol–water partition coefficient (Wildman–Crippen LogP) is 0.511. The fraction of sp³-hybridized carbons (Fsp3) is 0.556. The van der Waals surface area contributed by atoms with Crippen LogP contribution in [-0.2, 0) is 11.3 Å². The Morgan fingerprint density at radius 3 is 3.36 bits per heavy atom. The molecule has 14 heavy (non-hydrogen) atoms. The van der Waals surface area contributed by atoms with E-state index in [-0.39, 0.29) is 11.9 Å². The van der Waals surface area contributed by atoms with Gasteiger partial charge in [-0.2, -0.15) is 0 Å². The summed E-state index contributed by atoms with van der Waals surface area (Å²) in [6.07, 6.45) is 3.76. The molecular weight excluding hydrogens is 198 g/mol. The molecule has 1 fully saturated rings. The lowest BCUT2D eigenvalue weighted by Gasteiger charge is -2.22. The molecule has 0 bridgehead atoms. The largest absolute Gasteiger partial charge is 0.355 e. The van der Waals surface area contributed by atoms with E-state index in [1.807, 2.05) is 5.38 Å². The van der Waals surface area contributed by atoms with Crippen molar-refractivity contribution in [2.45, 2.75) is 25.4 Å². The van der Waals surface area contributed by atoms with Crippen LogP contribution >= 0.6 is 11.3 Å². The van der Waals surface area contributed by atoms with Gasteiger partial charge in [0.1, 0.15) is 5.01 Å². The van der Waals surface area contributed by atoms with E-state index in [0.717, 1.165) is 24.4 Å². The quantitative estimate of drug-likeness (QED) is 0.766. The number of thiazole rings is 1. The van der Waals surface area contributed by atoms with Crippen molar-refractivity contribution in [1.82, 2.24) is 15.6 Å². The van der Waals surface area contributed by atoms with Gasteiger partial charge in [0.2, 0.25) is 5.91 Å². The maximum atomic E-state index is 11.4. The number of rotatable bonds is 3. The number of amides is 1. The minimum absolute atomic E-state index is 0.0346. The Morgan fingerprint density at radius 2 is 2.64 bits per heavy atom. The SMILES string of the molecule is O=C1NCCCC1NCc1nccs1. The minimum Gasteiger partial charge on any atom is -0.355 e. The summed E-state index contributed by atoms with van der Waals surface area (Å²) in [5, 5.41) is 9.03. The zero-order chi connectivity index (χ0) is 9.80. The molecule has 5 heteroatoms. The Morgan fingerprint density at radius 1 is 1.71 bits per heavy atom. The van der Waals surface area contributed by atoms with E-state index in [9.17, 15) is 4.79 Å². The topological polar surface area (TPSA) is 54.0 Å². The first-order chi connectivity index (χ1) is 6.86. The lowest BCUT2D eigenvalue weighted by atomic mass is 10.1. The Balaban J connectivity index is 1.82. The standard InChI is InChI=1S/C9H13N3OS/c13-9-7(2-1-3-11-9)12-6-8-10-4-5-14-8/h4-5,7,12H,1-3,6H2,(H,11,13). The molecule has 0 saturated carbocycles. The lowest BCUT2D eigenvalue weighted by molar-refractivity contribution is -0.124. The van der Waals surface area contributed by atoms with E-state index in [1.165, 1.54) is 0 Å². The van der Waals surface area contributed by atoms with E-state index in [1.54, 1.807) is 17.5 Å². The highest BCUT2D eigenvalue weighted by Gasteiger charge is 2.20. The third kappa shape index (κ3) is 2.30. The molecule has 0 aromatic carbocycles. The maximum Gasteiger partial charge on any atom is 0.237 e. The van der Waals surface area contributed by atoms with E-state index < -0.39 is 0 Å². The van der Waals surface area contributed by atoms with Gasteiger partial charge in [-0.3, -0.25) is 10.1 Å². The highest BCUT2D eigenvalue weighted by atomic mass is 32.1. The molecule has 1 aliphatic heterocycles. The lowest BCUT2D eigenvalue weighted by Crippen LogP contribution is -2.47. The monoisotopic (exact) mass is 211 g/mol. The molecule has 0 aliphatic carbocycles. The summed E-state index contributed by atoms with van der Waals surface area (Å²) in [5.41, 5.74) is 0. The van der Waals surface area contributed by atoms with E-state index in [2.05, 4.69) is 15.6 Å². The number of carbonyl (C=O) groups is 1. The number of aromatic nitrogens is 1. The Bertz CT molecular complexity index is 299. The molecule has 1 atom stereocenters. The fourth-order valence-electron chi connectivity index (χ4n) is 1.52. The molecule has 2 heterocycles. The van der Waals surface area contributed by atoms with Gasteiger partial charge in [-0.15, -0.1) is 11.3 Å². The van der Waals surface area contributed by atoms with Gasteiger partial charge in [-0.05, 0) is 12.8 Å². The Kier molecular flexibility index (Phi) is 3.10. The Hall–Kier alpha value is -0.940. The first-order valence-electron chi connectivity index (χ1n) is 4.76. The Labute approximate surface area is 86.7 Å². The van der Waals surface area contributed by atoms with Crippen LogP contribution in [0.25, 0.3) is 0 Å². The minimum atomic E-state index is -0.0346. The van der Waals surface area contributed by atoms with Crippen molar-refractivity contribution in [3.05, 3.63) is 16.6 Å². The van der Waals surface area contributed by atoms with Crippen LogP contribution in [0.1, 0.15) is 17.8 Å². The van der Waals surface area contributed by atoms with Gasteiger partial charge < -0.3 is 5.32 Å².